The highest BCUT2D eigenvalue weighted by Crippen LogP contribution is 1.96. The van der Waals surface area contributed by atoms with Gasteiger partial charge in [-0.25, -0.2) is 0 Å². The number of hydrogen-bond acceptors (Lipinski definition) is 3. The average Bonchev–Trinajstić information content (AvgIpc) is 2.03. The number of aliphatic hydroxyl groups is 1. The third kappa shape index (κ3) is 5.88. The van der Waals surface area contributed by atoms with Gasteiger partial charge in [-0.15, -0.1) is 0 Å². The van der Waals surface area contributed by atoms with E-state index >= 15 is 0 Å². The number of hydrogen-bond donors (Lipinski definition) is 2. The van der Waals surface area contributed by atoms with Crippen LogP contribution in [0, 0.1) is 0 Å². The molecule has 0 unspecified atom stereocenters. The predicted molar refractivity (Wildman–Crippen MR) is 45.3 cm³/mol. The molecule has 0 spiro atoms. The maximum atomic E-state index is 8.74. The molecule has 0 aliphatic heterocycles. The van der Waals surface area contributed by atoms with Crippen LogP contribution >= 0.6 is 0 Å². The predicted octanol–water partition coefficient (Wildman–Crippen LogP) is 0.509. The molecule has 0 radical (unpaired) electrons. The van der Waals surface area contributed by atoms with Crippen molar-refractivity contribution in [1.82, 2.24) is 5.32 Å². The Balaban J connectivity index is 3.44. The van der Waals surface area contributed by atoms with Crippen molar-refractivity contribution in [2.75, 3.05) is 26.8 Å². The molecule has 66 valence electrons. The van der Waals surface area contributed by atoms with E-state index in [-0.39, 0.29) is 6.61 Å². The molecule has 2 N–H and O–H groups in total. The van der Waals surface area contributed by atoms with E-state index in [0.717, 1.165) is 13.0 Å². The topological polar surface area (TPSA) is 41.5 Å². The van der Waals surface area contributed by atoms with Crippen molar-refractivity contribution in [3.63, 3.8) is 0 Å². The van der Waals surface area contributed by atoms with Crippen molar-refractivity contribution in [3.05, 3.63) is 11.8 Å². The highest BCUT2D eigenvalue weighted by Gasteiger charge is 1.92. The molecule has 3 nitrogen and oxygen atoms in total. The number of aliphatic hydroxyl groups excluding tert-OH is 1. The number of rotatable bonds is 6. The van der Waals surface area contributed by atoms with Crippen molar-refractivity contribution in [3.8, 4) is 0 Å². The van der Waals surface area contributed by atoms with Gasteiger partial charge >= 0.3 is 0 Å². The lowest BCUT2D eigenvalue weighted by atomic mass is 10.4. The molecule has 0 atom stereocenters. The highest BCUT2D eigenvalue weighted by molar-refractivity contribution is 4.91. The first-order chi connectivity index (χ1) is 5.35. The second kappa shape index (κ2) is 7.57. The smallest absolute Gasteiger partial charge is 0.117 e. The van der Waals surface area contributed by atoms with E-state index in [9.17, 15) is 0 Å². The molecule has 0 aromatic carbocycles. The Bertz CT molecular complexity index is 113. The summed E-state index contributed by atoms with van der Waals surface area (Å²) in [6.45, 7) is 3.43. The molecule has 0 fully saturated rings. The first kappa shape index (κ1) is 10.5. The lowest BCUT2D eigenvalue weighted by Crippen LogP contribution is -2.14. The summed E-state index contributed by atoms with van der Waals surface area (Å²) in [6, 6.07) is 0. The van der Waals surface area contributed by atoms with Crippen molar-refractivity contribution in [1.29, 1.82) is 0 Å². The van der Waals surface area contributed by atoms with Gasteiger partial charge in [-0.05, 0) is 19.5 Å². The molecule has 0 bridgehead atoms. The Morgan fingerprint density at radius 3 is 2.82 bits per heavy atom. The molecule has 0 rings (SSSR count). The van der Waals surface area contributed by atoms with Crippen LogP contribution in [0.15, 0.2) is 11.8 Å². The third-order valence-electron chi connectivity index (χ3n) is 1.23. The quantitative estimate of drug-likeness (QED) is 0.438. The Labute approximate surface area is 68.1 Å². The standard InChI is InChI=1S/C8H17NO2/c1-3-4-8(7-10)11-6-5-9-2/h4,9-10H,3,5-7H2,1-2H3/b8-4+. The van der Waals surface area contributed by atoms with Gasteiger partial charge in [0, 0.05) is 6.54 Å². The Morgan fingerprint density at radius 2 is 2.36 bits per heavy atom. The first-order valence-electron chi connectivity index (χ1n) is 3.92. The van der Waals surface area contributed by atoms with Gasteiger partial charge in [0.15, 0.2) is 0 Å². The van der Waals surface area contributed by atoms with Gasteiger partial charge in [-0.1, -0.05) is 6.92 Å². The lowest BCUT2D eigenvalue weighted by molar-refractivity contribution is 0.162. The molecule has 0 heterocycles. The molecule has 0 aromatic heterocycles. The van der Waals surface area contributed by atoms with Crippen LogP contribution in [0.5, 0.6) is 0 Å². The van der Waals surface area contributed by atoms with Gasteiger partial charge in [0.05, 0.1) is 0 Å². The minimum atomic E-state index is -0.00243. The second-order valence-corrected chi connectivity index (χ2v) is 2.19. The molecule has 0 amide bonds. The number of likely N-dealkylation sites (N-methyl/N-ethyl adjacent to an activating group) is 1. The second-order valence-electron chi connectivity index (χ2n) is 2.19. The van der Waals surface area contributed by atoms with Crippen molar-refractivity contribution < 1.29 is 9.84 Å². The van der Waals surface area contributed by atoms with Crippen molar-refractivity contribution in [2.45, 2.75) is 13.3 Å². The Kier molecular flexibility index (Phi) is 7.19. The zero-order chi connectivity index (χ0) is 8.53. The van der Waals surface area contributed by atoms with E-state index in [1.165, 1.54) is 0 Å². The monoisotopic (exact) mass is 159 g/mol. The number of nitrogens with one attached hydrogen (secondary N) is 1. The summed E-state index contributed by atoms with van der Waals surface area (Å²) in [5.74, 6) is 0.669. The molecule has 0 aliphatic rings. The van der Waals surface area contributed by atoms with Gasteiger partial charge in [0.1, 0.15) is 19.0 Å². The van der Waals surface area contributed by atoms with E-state index < -0.39 is 0 Å². The highest BCUT2D eigenvalue weighted by atomic mass is 16.5. The maximum absolute atomic E-state index is 8.74. The van der Waals surface area contributed by atoms with Gasteiger partial charge < -0.3 is 15.2 Å². The molecule has 0 saturated heterocycles. The molecular formula is C8H17NO2. The van der Waals surface area contributed by atoms with Crippen LogP contribution in [0.25, 0.3) is 0 Å². The van der Waals surface area contributed by atoms with Crippen LogP contribution in [0.1, 0.15) is 13.3 Å². The Hall–Kier alpha value is -0.540. The summed E-state index contributed by atoms with van der Waals surface area (Å²) >= 11 is 0. The van der Waals surface area contributed by atoms with E-state index in [2.05, 4.69) is 5.32 Å². The normalized spacial score (nSPS) is 11.7. The molecule has 0 saturated carbocycles. The zero-order valence-corrected chi connectivity index (χ0v) is 7.26. The number of allylic oxidation sites excluding steroid dienone is 1. The SMILES string of the molecule is CC/C=C(\CO)OCCNC. The zero-order valence-electron chi connectivity index (χ0n) is 7.26. The average molecular weight is 159 g/mol. The summed E-state index contributed by atoms with van der Waals surface area (Å²) < 4.78 is 5.22. The van der Waals surface area contributed by atoms with Crippen LogP contribution in [0.4, 0.5) is 0 Å². The molecule has 0 aromatic rings. The molecule has 11 heavy (non-hydrogen) atoms. The minimum absolute atomic E-state index is 0.00243. The van der Waals surface area contributed by atoms with E-state index in [1.807, 2.05) is 20.0 Å². The fourth-order valence-electron chi connectivity index (χ4n) is 0.681. The number of ether oxygens (including phenoxy) is 1. The summed E-state index contributed by atoms with van der Waals surface area (Å²) in [6.07, 6.45) is 2.78. The minimum Gasteiger partial charge on any atom is -0.495 e. The molecule has 0 aliphatic carbocycles. The van der Waals surface area contributed by atoms with Crippen LogP contribution in [0.2, 0.25) is 0 Å². The van der Waals surface area contributed by atoms with Gasteiger partial charge in [-0.2, -0.15) is 0 Å². The van der Waals surface area contributed by atoms with Crippen LogP contribution < -0.4 is 5.32 Å². The summed E-state index contributed by atoms with van der Waals surface area (Å²) in [4.78, 5) is 0. The van der Waals surface area contributed by atoms with Crippen LogP contribution in [-0.2, 0) is 4.74 Å². The third-order valence-corrected chi connectivity index (χ3v) is 1.23. The van der Waals surface area contributed by atoms with E-state index in [4.69, 9.17) is 9.84 Å². The molecule has 3 heteroatoms. The van der Waals surface area contributed by atoms with Crippen LogP contribution in [-0.4, -0.2) is 31.9 Å². The maximum Gasteiger partial charge on any atom is 0.117 e. The van der Waals surface area contributed by atoms with Crippen molar-refractivity contribution >= 4 is 0 Å². The largest absolute Gasteiger partial charge is 0.495 e. The fourth-order valence-corrected chi connectivity index (χ4v) is 0.681. The molecular weight excluding hydrogens is 142 g/mol. The van der Waals surface area contributed by atoms with E-state index in [0.29, 0.717) is 12.4 Å². The van der Waals surface area contributed by atoms with Gasteiger partial charge in [0.25, 0.3) is 0 Å². The summed E-state index contributed by atoms with van der Waals surface area (Å²) in [5, 5.41) is 11.7. The summed E-state index contributed by atoms with van der Waals surface area (Å²) in [7, 11) is 1.87. The van der Waals surface area contributed by atoms with E-state index in [1.54, 1.807) is 0 Å². The van der Waals surface area contributed by atoms with Gasteiger partial charge in [-0.3, -0.25) is 0 Å². The summed E-state index contributed by atoms with van der Waals surface area (Å²) in [5.41, 5.74) is 0. The lowest BCUT2D eigenvalue weighted by Gasteiger charge is -2.06. The van der Waals surface area contributed by atoms with Crippen molar-refractivity contribution in [2.24, 2.45) is 0 Å². The van der Waals surface area contributed by atoms with Crippen LogP contribution in [0.3, 0.4) is 0 Å². The first-order valence-corrected chi connectivity index (χ1v) is 3.92. The van der Waals surface area contributed by atoms with Gasteiger partial charge in [0.2, 0.25) is 0 Å². The Morgan fingerprint density at radius 1 is 1.64 bits per heavy atom. The fraction of sp³-hybridized carbons (Fsp3) is 0.750.